The fourth-order valence-electron chi connectivity index (χ4n) is 1.32. The Morgan fingerprint density at radius 3 is 2.62 bits per heavy atom. The first kappa shape index (κ1) is 8.45. The first-order valence-corrected chi connectivity index (χ1v) is 5.21. The minimum absolute atomic E-state index is 0.977. The Morgan fingerprint density at radius 1 is 1.23 bits per heavy atom. The summed E-state index contributed by atoms with van der Waals surface area (Å²) in [6, 6.07) is 10.5. The second-order valence-corrected chi connectivity index (χ2v) is 4.21. The van der Waals surface area contributed by atoms with Crippen molar-refractivity contribution in [2.45, 2.75) is 13.5 Å². The second-order valence-electron chi connectivity index (χ2n) is 3.12. The molecule has 1 aromatic heterocycles. The number of hydrogen-bond acceptors (Lipinski definition) is 1. The highest BCUT2D eigenvalue weighted by atomic mass is 32.1. The summed E-state index contributed by atoms with van der Waals surface area (Å²) in [5.74, 6) is 0. The molecule has 0 saturated heterocycles. The number of aromatic nitrogens is 1. The molecule has 0 N–H and O–H groups in total. The molecule has 1 heterocycles. The Morgan fingerprint density at radius 2 is 2.00 bits per heavy atom. The maximum atomic E-state index is 2.22. The van der Waals surface area contributed by atoms with E-state index < -0.39 is 0 Å². The van der Waals surface area contributed by atoms with Gasteiger partial charge in [-0.3, -0.25) is 0 Å². The smallest absolute Gasteiger partial charge is 0.191 e. The number of rotatable bonds is 2. The minimum Gasteiger partial charge on any atom is -0.191 e. The van der Waals surface area contributed by atoms with Gasteiger partial charge in [0, 0.05) is 5.56 Å². The fraction of sp³-hybridized carbons (Fsp3) is 0.182. The summed E-state index contributed by atoms with van der Waals surface area (Å²) < 4.78 is 2.22. The van der Waals surface area contributed by atoms with Gasteiger partial charge in [0.2, 0.25) is 5.51 Å². The van der Waals surface area contributed by atoms with Gasteiger partial charge in [-0.25, -0.2) is 0 Å². The van der Waals surface area contributed by atoms with E-state index >= 15 is 0 Å². The molecule has 0 atom stereocenters. The maximum Gasteiger partial charge on any atom is 0.225 e. The van der Waals surface area contributed by atoms with Crippen LogP contribution in [0.1, 0.15) is 10.4 Å². The molecule has 2 aromatic rings. The van der Waals surface area contributed by atoms with Gasteiger partial charge in [-0.2, -0.15) is 4.57 Å². The van der Waals surface area contributed by atoms with Gasteiger partial charge in [0.15, 0.2) is 12.7 Å². The molecule has 0 saturated carbocycles. The molecule has 66 valence electrons. The van der Waals surface area contributed by atoms with E-state index in [0.29, 0.717) is 0 Å². The van der Waals surface area contributed by atoms with Crippen molar-refractivity contribution < 1.29 is 4.57 Å². The first-order valence-electron chi connectivity index (χ1n) is 4.33. The van der Waals surface area contributed by atoms with Gasteiger partial charge < -0.3 is 0 Å². The third kappa shape index (κ3) is 2.16. The van der Waals surface area contributed by atoms with Gasteiger partial charge in [-0.1, -0.05) is 41.7 Å². The van der Waals surface area contributed by atoms with Crippen LogP contribution in [0.5, 0.6) is 0 Å². The Kier molecular flexibility index (Phi) is 2.41. The lowest BCUT2D eigenvalue weighted by Gasteiger charge is -1.92. The lowest BCUT2D eigenvalue weighted by atomic mass is 10.2. The van der Waals surface area contributed by atoms with Crippen molar-refractivity contribution in [2.75, 3.05) is 0 Å². The number of aryl methyl sites for hydroxylation is 1. The van der Waals surface area contributed by atoms with Gasteiger partial charge in [-0.05, 0) is 6.92 Å². The number of nitrogens with zero attached hydrogens (tertiary/aromatic N) is 1. The zero-order chi connectivity index (χ0) is 9.10. The van der Waals surface area contributed by atoms with E-state index in [9.17, 15) is 0 Å². The summed E-state index contributed by atoms with van der Waals surface area (Å²) in [5.41, 5.74) is 3.51. The fourth-order valence-corrected chi connectivity index (χ4v) is 1.96. The summed E-state index contributed by atoms with van der Waals surface area (Å²) in [7, 11) is 0. The molecule has 2 rings (SSSR count). The van der Waals surface area contributed by atoms with Crippen molar-refractivity contribution in [3.63, 3.8) is 0 Å². The van der Waals surface area contributed by atoms with Gasteiger partial charge >= 0.3 is 0 Å². The molecule has 0 radical (unpaired) electrons. The van der Waals surface area contributed by atoms with Crippen molar-refractivity contribution in [3.05, 3.63) is 52.5 Å². The summed E-state index contributed by atoms with van der Waals surface area (Å²) in [4.78, 5) is 1.36. The zero-order valence-corrected chi connectivity index (χ0v) is 8.42. The first-order chi connectivity index (χ1) is 6.34. The number of hydrogen-bond donors (Lipinski definition) is 0. The third-order valence-electron chi connectivity index (χ3n) is 1.93. The number of thiazole rings is 1. The molecular weight excluding hydrogens is 178 g/mol. The molecule has 0 spiro atoms. The van der Waals surface area contributed by atoms with Crippen LogP contribution >= 0.6 is 11.3 Å². The molecule has 1 nitrogen and oxygen atoms in total. The van der Waals surface area contributed by atoms with Crippen LogP contribution < -0.4 is 4.57 Å². The average molecular weight is 190 g/mol. The van der Waals surface area contributed by atoms with Crippen LogP contribution in [0, 0.1) is 6.92 Å². The molecular formula is C11H12NS+. The summed E-state index contributed by atoms with van der Waals surface area (Å²) in [6.45, 7) is 3.11. The molecule has 0 amide bonds. The van der Waals surface area contributed by atoms with E-state index in [0.717, 1.165) is 6.54 Å². The van der Waals surface area contributed by atoms with Crippen molar-refractivity contribution in [2.24, 2.45) is 0 Å². The second kappa shape index (κ2) is 3.71. The van der Waals surface area contributed by atoms with Crippen LogP contribution in [0.2, 0.25) is 0 Å². The molecule has 1 aromatic carbocycles. The van der Waals surface area contributed by atoms with Crippen molar-refractivity contribution in [3.8, 4) is 0 Å². The molecule has 0 aliphatic heterocycles. The van der Waals surface area contributed by atoms with Crippen molar-refractivity contribution in [1.29, 1.82) is 0 Å². The van der Waals surface area contributed by atoms with Crippen LogP contribution in [0.25, 0.3) is 0 Å². The average Bonchev–Trinajstić information content (AvgIpc) is 2.53. The minimum atomic E-state index is 0.977. The predicted molar refractivity (Wildman–Crippen MR) is 54.8 cm³/mol. The zero-order valence-electron chi connectivity index (χ0n) is 7.60. The molecule has 0 aliphatic rings. The highest BCUT2D eigenvalue weighted by Gasteiger charge is 2.03. The quantitative estimate of drug-likeness (QED) is 0.640. The monoisotopic (exact) mass is 190 g/mol. The maximum absolute atomic E-state index is 2.22. The topological polar surface area (TPSA) is 3.88 Å². The standard InChI is InChI=1S/C11H12NS/c1-10-7-12(9-13-10)8-11-5-3-2-4-6-11/h2-7,9H,8H2,1H3/q+1. The summed E-state index contributed by atoms with van der Waals surface area (Å²) in [5, 5.41) is 0. The van der Waals surface area contributed by atoms with E-state index in [1.807, 2.05) is 6.07 Å². The summed E-state index contributed by atoms with van der Waals surface area (Å²) >= 11 is 1.79. The SMILES string of the molecule is Cc1c[n+](Cc2ccccc2)cs1. The van der Waals surface area contributed by atoms with Crippen LogP contribution in [0.15, 0.2) is 42.0 Å². The Balaban J connectivity index is 2.15. The number of benzene rings is 1. The molecule has 0 fully saturated rings. The highest BCUT2D eigenvalue weighted by molar-refractivity contribution is 7.09. The molecule has 0 unspecified atom stereocenters. The molecule has 0 bridgehead atoms. The van der Waals surface area contributed by atoms with Gasteiger partial charge in [-0.15, -0.1) is 0 Å². The van der Waals surface area contributed by atoms with Crippen LogP contribution in [-0.2, 0) is 6.54 Å². The van der Waals surface area contributed by atoms with E-state index in [2.05, 4.69) is 47.5 Å². The largest absolute Gasteiger partial charge is 0.225 e. The highest BCUT2D eigenvalue weighted by Crippen LogP contribution is 2.03. The molecule has 13 heavy (non-hydrogen) atoms. The van der Waals surface area contributed by atoms with Crippen molar-refractivity contribution >= 4 is 11.3 Å². The van der Waals surface area contributed by atoms with Gasteiger partial charge in [0.1, 0.15) is 0 Å². The van der Waals surface area contributed by atoms with E-state index in [-0.39, 0.29) is 0 Å². The Bertz CT molecular complexity index is 378. The van der Waals surface area contributed by atoms with Crippen LogP contribution in [0.3, 0.4) is 0 Å². The van der Waals surface area contributed by atoms with E-state index in [4.69, 9.17) is 0 Å². The van der Waals surface area contributed by atoms with E-state index in [1.165, 1.54) is 10.4 Å². The van der Waals surface area contributed by atoms with Crippen LogP contribution in [-0.4, -0.2) is 0 Å². The lowest BCUT2D eigenvalue weighted by Crippen LogP contribution is -2.30. The normalized spacial score (nSPS) is 10.2. The Hall–Kier alpha value is -1.15. The third-order valence-corrected chi connectivity index (χ3v) is 2.78. The van der Waals surface area contributed by atoms with E-state index in [1.54, 1.807) is 11.3 Å². The molecule has 2 heteroatoms. The van der Waals surface area contributed by atoms with Gasteiger partial charge in [0.25, 0.3) is 0 Å². The Labute approximate surface area is 82.3 Å². The predicted octanol–water partition coefficient (Wildman–Crippen LogP) is 2.39. The lowest BCUT2D eigenvalue weighted by molar-refractivity contribution is -0.683. The molecule has 0 aliphatic carbocycles. The summed E-state index contributed by atoms with van der Waals surface area (Å²) in [6.07, 6.45) is 2.18. The van der Waals surface area contributed by atoms with Gasteiger partial charge in [0.05, 0.1) is 4.88 Å². The van der Waals surface area contributed by atoms with Crippen LogP contribution in [0.4, 0.5) is 0 Å². The van der Waals surface area contributed by atoms with Crippen molar-refractivity contribution in [1.82, 2.24) is 0 Å².